The fourth-order valence-corrected chi connectivity index (χ4v) is 1.07. The number of hydrogen-bond donors (Lipinski definition) is 0. The van der Waals surface area contributed by atoms with Crippen molar-refractivity contribution in [3.05, 3.63) is 0 Å². The second kappa shape index (κ2) is 4.64. The summed E-state index contributed by atoms with van der Waals surface area (Å²) < 4.78 is 5.29. The van der Waals surface area contributed by atoms with Gasteiger partial charge in [-0.15, -0.1) is 0 Å². The number of rotatable bonds is 3. The molecule has 0 aromatic carbocycles. The molecular formula is C11H22O2. The van der Waals surface area contributed by atoms with Crippen molar-refractivity contribution in [2.24, 2.45) is 11.3 Å². The summed E-state index contributed by atoms with van der Waals surface area (Å²) in [5, 5.41) is 0. The summed E-state index contributed by atoms with van der Waals surface area (Å²) >= 11 is 0. The Kier molecular flexibility index (Phi) is 4.45. The first-order valence-corrected chi connectivity index (χ1v) is 4.94. The Morgan fingerprint density at radius 1 is 1.23 bits per heavy atom. The number of hydrogen-bond acceptors (Lipinski definition) is 2. The lowest BCUT2D eigenvalue weighted by Crippen LogP contribution is -2.27. The molecule has 0 unspecified atom stereocenters. The van der Waals surface area contributed by atoms with E-state index in [9.17, 15) is 4.79 Å². The number of ether oxygens (including phenoxy) is 1. The summed E-state index contributed by atoms with van der Waals surface area (Å²) in [6.45, 7) is 11.8. The lowest BCUT2D eigenvalue weighted by atomic mass is 9.97. The second-order valence-corrected chi connectivity index (χ2v) is 5.10. The van der Waals surface area contributed by atoms with Gasteiger partial charge in [0.1, 0.15) is 0 Å². The van der Waals surface area contributed by atoms with Crippen molar-refractivity contribution < 1.29 is 9.53 Å². The molecule has 0 spiro atoms. The Labute approximate surface area is 81.7 Å². The SMILES string of the molecule is CC(C)C[C@@H](C)OC(=O)C(C)(C)C. The lowest BCUT2D eigenvalue weighted by Gasteiger charge is -2.21. The van der Waals surface area contributed by atoms with Crippen LogP contribution in [0.15, 0.2) is 0 Å². The zero-order chi connectivity index (χ0) is 10.6. The third-order valence-corrected chi connectivity index (χ3v) is 1.72. The van der Waals surface area contributed by atoms with Crippen LogP contribution in [-0.2, 0) is 9.53 Å². The van der Waals surface area contributed by atoms with E-state index in [2.05, 4.69) is 13.8 Å². The predicted molar refractivity (Wildman–Crippen MR) is 54.5 cm³/mol. The van der Waals surface area contributed by atoms with Crippen LogP contribution in [-0.4, -0.2) is 12.1 Å². The highest BCUT2D eigenvalue weighted by molar-refractivity contribution is 5.75. The van der Waals surface area contributed by atoms with E-state index >= 15 is 0 Å². The fraction of sp³-hybridized carbons (Fsp3) is 0.909. The molecule has 13 heavy (non-hydrogen) atoms. The van der Waals surface area contributed by atoms with Gasteiger partial charge in [-0.05, 0) is 40.0 Å². The first kappa shape index (κ1) is 12.5. The minimum atomic E-state index is -0.384. The van der Waals surface area contributed by atoms with Gasteiger partial charge in [0, 0.05) is 0 Å². The van der Waals surface area contributed by atoms with Crippen molar-refractivity contribution in [3.63, 3.8) is 0 Å². The molecule has 0 saturated carbocycles. The van der Waals surface area contributed by atoms with Crippen molar-refractivity contribution in [1.82, 2.24) is 0 Å². The van der Waals surface area contributed by atoms with Gasteiger partial charge < -0.3 is 4.74 Å². The molecule has 0 fully saturated rings. The summed E-state index contributed by atoms with van der Waals surface area (Å²) in [7, 11) is 0. The summed E-state index contributed by atoms with van der Waals surface area (Å²) in [5.74, 6) is 0.461. The second-order valence-electron chi connectivity index (χ2n) is 5.10. The van der Waals surface area contributed by atoms with Crippen molar-refractivity contribution in [2.45, 2.75) is 54.1 Å². The van der Waals surface area contributed by atoms with E-state index < -0.39 is 0 Å². The summed E-state index contributed by atoms with van der Waals surface area (Å²) in [5.41, 5.74) is -0.384. The van der Waals surface area contributed by atoms with Crippen LogP contribution in [0.3, 0.4) is 0 Å². The van der Waals surface area contributed by atoms with Gasteiger partial charge in [0.05, 0.1) is 11.5 Å². The molecule has 0 aliphatic heterocycles. The molecule has 0 aliphatic carbocycles. The fourth-order valence-electron chi connectivity index (χ4n) is 1.07. The molecule has 2 heteroatoms. The van der Waals surface area contributed by atoms with E-state index in [1.807, 2.05) is 27.7 Å². The molecule has 0 saturated heterocycles. The van der Waals surface area contributed by atoms with Crippen molar-refractivity contribution in [1.29, 1.82) is 0 Å². The van der Waals surface area contributed by atoms with Crippen LogP contribution in [0, 0.1) is 11.3 Å². The number of carbonyl (C=O) groups excluding carboxylic acids is 1. The molecule has 0 amide bonds. The standard InChI is InChI=1S/C11H22O2/c1-8(2)7-9(3)13-10(12)11(4,5)6/h8-9H,7H2,1-6H3/t9-/m1/s1. The van der Waals surface area contributed by atoms with E-state index in [-0.39, 0.29) is 17.5 Å². The van der Waals surface area contributed by atoms with Gasteiger partial charge in [0.15, 0.2) is 0 Å². The summed E-state index contributed by atoms with van der Waals surface area (Å²) in [6, 6.07) is 0. The van der Waals surface area contributed by atoms with Crippen LogP contribution >= 0.6 is 0 Å². The zero-order valence-electron chi connectivity index (χ0n) is 9.68. The van der Waals surface area contributed by atoms with Crippen LogP contribution < -0.4 is 0 Å². The Morgan fingerprint density at radius 3 is 2.00 bits per heavy atom. The van der Waals surface area contributed by atoms with E-state index in [1.54, 1.807) is 0 Å². The number of esters is 1. The molecule has 0 heterocycles. The molecule has 0 bridgehead atoms. The highest BCUT2D eigenvalue weighted by atomic mass is 16.5. The van der Waals surface area contributed by atoms with Gasteiger partial charge in [-0.2, -0.15) is 0 Å². The minimum absolute atomic E-state index is 0.0340. The van der Waals surface area contributed by atoms with Gasteiger partial charge in [0.25, 0.3) is 0 Å². The normalized spacial score (nSPS) is 14.4. The Hall–Kier alpha value is -0.530. The van der Waals surface area contributed by atoms with Crippen LogP contribution in [0.5, 0.6) is 0 Å². The summed E-state index contributed by atoms with van der Waals surface area (Å²) in [6.07, 6.45) is 0.966. The van der Waals surface area contributed by atoms with Crippen LogP contribution in [0.25, 0.3) is 0 Å². The quantitative estimate of drug-likeness (QED) is 0.633. The van der Waals surface area contributed by atoms with E-state index in [1.165, 1.54) is 0 Å². The number of carbonyl (C=O) groups is 1. The molecule has 1 atom stereocenters. The highest BCUT2D eigenvalue weighted by Crippen LogP contribution is 2.18. The zero-order valence-corrected chi connectivity index (χ0v) is 9.68. The predicted octanol–water partition coefficient (Wildman–Crippen LogP) is 3.01. The largest absolute Gasteiger partial charge is 0.462 e. The molecule has 0 aliphatic rings. The van der Waals surface area contributed by atoms with Gasteiger partial charge in [-0.3, -0.25) is 4.79 Å². The van der Waals surface area contributed by atoms with Crippen molar-refractivity contribution in [2.75, 3.05) is 0 Å². The van der Waals surface area contributed by atoms with E-state index in [0.717, 1.165) is 6.42 Å². The Balaban J connectivity index is 3.93. The monoisotopic (exact) mass is 186 g/mol. The Morgan fingerprint density at radius 2 is 1.69 bits per heavy atom. The minimum Gasteiger partial charge on any atom is -0.462 e. The Bertz CT molecular complexity index is 165. The van der Waals surface area contributed by atoms with Crippen LogP contribution in [0.1, 0.15) is 48.0 Å². The molecule has 0 rings (SSSR count). The van der Waals surface area contributed by atoms with Gasteiger partial charge in [0.2, 0.25) is 0 Å². The van der Waals surface area contributed by atoms with E-state index in [4.69, 9.17) is 4.74 Å². The molecule has 0 aromatic heterocycles. The smallest absolute Gasteiger partial charge is 0.311 e. The molecule has 0 aromatic rings. The third-order valence-electron chi connectivity index (χ3n) is 1.72. The lowest BCUT2D eigenvalue weighted by molar-refractivity contribution is -0.158. The van der Waals surface area contributed by atoms with Crippen LogP contribution in [0.4, 0.5) is 0 Å². The highest BCUT2D eigenvalue weighted by Gasteiger charge is 2.24. The van der Waals surface area contributed by atoms with Gasteiger partial charge >= 0.3 is 5.97 Å². The van der Waals surface area contributed by atoms with Gasteiger partial charge in [-0.25, -0.2) is 0 Å². The maximum atomic E-state index is 11.4. The maximum Gasteiger partial charge on any atom is 0.311 e. The first-order chi connectivity index (χ1) is 5.73. The summed E-state index contributed by atoms with van der Waals surface area (Å²) in [4.78, 5) is 11.4. The van der Waals surface area contributed by atoms with E-state index in [0.29, 0.717) is 5.92 Å². The molecule has 2 nitrogen and oxygen atoms in total. The van der Waals surface area contributed by atoms with Gasteiger partial charge in [-0.1, -0.05) is 13.8 Å². The average Bonchev–Trinajstić information content (AvgIpc) is 1.82. The third kappa shape index (κ3) is 5.67. The topological polar surface area (TPSA) is 26.3 Å². The van der Waals surface area contributed by atoms with Crippen molar-refractivity contribution in [3.8, 4) is 0 Å². The van der Waals surface area contributed by atoms with Crippen LogP contribution in [0.2, 0.25) is 0 Å². The maximum absolute atomic E-state index is 11.4. The average molecular weight is 186 g/mol. The molecule has 0 N–H and O–H groups in total. The molecule has 78 valence electrons. The molecular weight excluding hydrogens is 164 g/mol. The molecule has 0 radical (unpaired) electrons. The van der Waals surface area contributed by atoms with Crippen molar-refractivity contribution >= 4 is 5.97 Å². The first-order valence-electron chi connectivity index (χ1n) is 4.94.